The van der Waals surface area contributed by atoms with E-state index in [2.05, 4.69) is 18.0 Å². The van der Waals surface area contributed by atoms with Crippen molar-refractivity contribution in [2.24, 2.45) is 0 Å². The molecular weight excluding hydrogens is 280 g/mol. The van der Waals surface area contributed by atoms with Crippen LogP contribution in [0.2, 0.25) is 0 Å². The van der Waals surface area contributed by atoms with Crippen LogP contribution in [0.25, 0.3) is 0 Å². The molecule has 0 saturated heterocycles. The SMILES string of the molecule is CCCCCCCCCCCC.CCOS(=O)(=O)O.O. The number of rotatable bonds is 11. The zero-order chi connectivity index (χ0) is 15.0. The fourth-order valence-electron chi connectivity index (χ4n) is 1.71. The molecule has 0 bridgehead atoms. The summed E-state index contributed by atoms with van der Waals surface area (Å²) in [5, 5.41) is 0. The number of hydrogen-bond donors (Lipinski definition) is 1. The van der Waals surface area contributed by atoms with Crippen LogP contribution in [-0.2, 0) is 14.6 Å². The molecule has 126 valence electrons. The second-order valence-corrected chi connectivity index (χ2v) is 5.75. The highest BCUT2D eigenvalue weighted by molar-refractivity contribution is 7.80. The van der Waals surface area contributed by atoms with Gasteiger partial charge in [-0.05, 0) is 6.92 Å². The Morgan fingerprint density at radius 3 is 1.20 bits per heavy atom. The first-order valence-corrected chi connectivity index (χ1v) is 8.96. The van der Waals surface area contributed by atoms with Crippen molar-refractivity contribution in [1.29, 1.82) is 0 Å². The minimum atomic E-state index is -4.17. The molecule has 0 saturated carbocycles. The molecule has 6 heteroatoms. The predicted octanol–water partition coefficient (Wildman–Crippen LogP) is 3.93. The van der Waals surface area contributed by atoms with E-state index in [1.54, 1.807) is 0 Å². The maximum Gasteiger partial charge on any atom is 0.397 e. The molecule has 0 aliphatic rings. The molecule has 0 spiro atoms. The lowest BCUT2D eigenvalue weighted by molar-refractivity contribution is 0.283. The van der Waals surface area contributed by atoms with Gasteiger partial charge >= 0.3 is 10.4 Å². The Labute approximate surface area is 125 Å². The van der Waals surface area contributed by atoms with Crippen LogP contribution in [0.4, 0.5) is 0 Å². The first-order chi connectivity index (χ1) is 8.97. The first kappa shape index (κ1) is 24.8. The van der Waals surface area contributed by atoms with Crippen molar-refractivity contribution in [2.75, 3.05) is 6.61 Å². The molecule has 5 nitrogen and oxygen atoms in total. The Morgan fingerprint density at radius 2 is 1.05 bits per heavy atom. The van der Waals surface area contributed by atoms with Gasteiger partial charge in [-0.3, -0.25) is 4.55 Å². The molecule has 0 aliphatic carbocycles. The van der Waals surface area contributed by atoms with E-state index in [9.17, 15) is 8.42 Å². The third kappa shape index (κ3) is 30.7. The number of unbranched alkanes of at least 4 members (excludes halogenated alkanes) is 9. The van der Waals surface area contributed by atoms with E-state index in [4.69, 9.17) is 4.55 Å². The largest absolute Gasteiger partial charge is 0.412 e. The van der Waals surface area contributed by atoms with E-state index in [0.717, 1.165) is 0 Å². The minimum absolute atomic E-state index is 0. The Balaban J connectivity index is -0.000000312. The summed E-state index contributed by atoms with van der Waals surface area (Å²) in [4.78, 5) is 0. The molecule has 0 aliphatic heterocycles. The molecule has 0 aromatic heterocycles. The average molecular weight is 314 g/mol. The van der Waals surface area contributed by atoms with Crippen molar-refractivity contribution in [1.82, 2.24) is 0 Å². The van der Waals surface area contributed by atoms with Crippen LogP contribution in [0.1, 0.15) is 85.0 Å². The zero-order valence-corrected chi connectivity index (χ0v) is 14.2. The van der Waals surface area contributed by atoms with Crippen LogP contribution in [0.15, 0.2) is 0 Å². The highest BCUT2D eigenvalue weighted by Gasteiger charge is 1.98. The Kier molecular flexibility index (Phi) is 23.4. The monoisotopic (exact) mass is 314 g/mol. The summed E-state index contributed by atoms with van der Waals surface area (Å²) in [6.45, 7) is 6.00. The van der Waals surface area contributed by atoms with E-state index >= 15 is 0 Å². The molecule has 0 unspecified atom stereocenters. The maximum atomic E-state index is 9.56. The van der Waals surface area contributed by atoms with Gasteiger partial charge in [-0.15, -0.1) is 0 Å². The van der Waals surface area contributed by atoms with Crippen LogP contribution in [0.5, 0.6) is 0 Å². The maximum absolute atomic E-state index is 9.56. The molecule has 0 amide bonds. The van der Waals surface area contributed by atoms with Crippen LogP contribution < -0.4 is 0 Å². The lowest BCUT2D eigenvalue weighted by Gasteiger charge is -1.99. The molecule has 0 heterocycles. The molecule has 0 fully saturated rings. The van der Waals surface area contributed by atoms with Gasteiger partial charge in [0.2, 0.25) is 0 Å². The van der Waals surface area contributed by atoms with Crippen LogP contribution in [-0.4, -0.2) is 25.1 Å². The highest BCUT2D eigenvalue weighted by atomic mass is 32.3. The van der Waals surface area contributed by atoms with E-state index in [1.807, 2.05) is 0 Å². The van der Waals surface area contributed by atoms with Gasteiger partial charge in [-0.1, -0.05) is 78.1 Å². The molecule has 0 aromatic carbocycles. The molecule has 0 atom stereocenters. The Hall–Kier alpha value is -0.170. The Bertz CT molecular complexity index is 242. The molecule has 0 rings (SSSR count). The molecule has 3 N–H and O–H groups in total. The topological polar surface area (TPSA) is 95.1 Å². The normalized spacial score (nSPS) is 10.4. The highest BCUT2D eigenvalue weighted by Crippen LogP contribution is 2.09. The summed E-state index contributed by atoms with van der Waals surface area (Å²) in [5.74, 6) is 0. The standard InChI is InChI=1S/C12H26.C2H6O4S.H2O/c1-3-5-7-9-11-12-10-8-6-4-2;1-2-6-7(3,4)5;/h3-12H2,1-2H3;2H2,1H3,(H,3,4,5);1H2. The van der Waals surface area contributed by atoms with Gasteiger partial charge in [-0.2, -0.15) is 8.42 Å². The summed E-state index contributed by atoms with van der Waals surface area (Å²) in [5.41, 5.74) is 0. The molecule has 0 aromatic rings. The summed E-state index contributed by atoms with van der Waals surface area (Å²) in [7, 11) is -4.17. The fourth-order valence-corrected chi connectivity index (χ4v) is 2.01. The summed E-state index contributed by atoms with van der Waals surface area (Å²) < 4.78 is 30.7. The van der Waals surface area contributed by atoms with Crippen LogP contribution in [0.3, 0.4) is 0 Å². The second-order valence-electron chi connectivity index (χ2n) is 4.66. The van der Waals surface area contributed by atoms with Gasteiger partial charge in [-0.25, -0.2) is 4.18 Å². The van der Waals surface area contributed by atoms with E-state index in [-0.39, 0.29) is 12.1 Å². The van der Waals surface area contributed by atoms with Gasteiger partial charge in [0.25, 0.3) is 0 Å². The van der Waals surface area contributed by atoms with E-state index in [0.29, 0.717) is 0 Å². The predicted molar refractivity (Wildman–Crippen MR) is 84.3 cm³/mol. The summed E-state index contributed by atoms with van der Waals surface area (Å²) in [6.07, 6.45) is 14.4. The molecular formula is C14H34O5S. The lowest BCUT2D eigenvalue weighted by atomic mass is 10.1. The van der Waals surface area contributed by atoms with Gasteiger partial charge in [0.05, 0.1) is 6.61 Å². The average Bonchev–Trinajstić information content (AvgIpc) is 2.32. The van der Waals surface area contributed by atoms with Gasteiger partial charge in [0, 0.05) is 0 Å². The van der Waals surface area contributed by atoms with Crippen molar-refractivity contribution >= 4 is 10.4 Å². The van der Waals surface area contributed by atoms with Crippen LogP contribution >= 0.6 is 0 Å². The first-order valence-electron chi connectivity index (χ1n) is 7.59. The van der Waals surface area contributed by atoms with E-state index in [1.165, 1.54) is 71.1 Å². The summed E-state index contributed by atoms with van der Waals surface area (Å²) >= 11 is 0. The minimum Gasteiger partial charge on any atom is -0.412 e. The van der Waals surface area contributed by atoms with Crippen molar-refractivity contribution in [3.8, 4) is 0 Å². The third-order valence-corrected chi connectivity index (χ3v) is 3.26. The Morgan fingerprint density at radius 1 is 0.750 bits per heavy atom. The van der Waals surface area contributed by atoms with Crippen molar-refractivity contribution in [3.63, 3.8) is 0 Å². The van der Waals surface area contributed by atoms with Crippen molar-refractivity contribution in [3.05, 3.63) is 0 Å². The van der Waals surface area contributed by atoms with Gasteiger partial charge in [0.1, 0.15) is 0 Å². The van der Waals surface area contributed by atoms with Gasteiger partial charge in [0.15, 0.2) is 0 Å². The van der Waals surface area contributed by atoms with E-state index < -0.39 is 10.4 Å². The second kappa shape index (κ2) is 18.8. The summed E-state index contributed by atoms with van der Waals surface area (Å²) in [6, 6.07) is 0. The van der Waals surface area contributed by atoms with Crippen LogP contribution in [0, 0.1) is 0 Å². The zero-order valence-electron chi connectivity index (χ0n) is 13.4. The quantitative estimate of drug-likeness (QED) is 0.461. The van der Waals surface area contributed by atoms with Crippen molar-refractivity contribution < 1.29 is 22.6 Å². The fraction of sp³-hybridized carbons (Fsp3) is 1.00. The lowest BCUT2D eigenvalue weighted by Crippen LogP contribution is -2.01. The third-order valence-electron chi connectivity index (χ3n) is 2.72. The molecule has 20 heavy (non-hydrogen) atoms. The van der Waals surface area contributed by atoms with Gasteiger partial charge < -0.3 is 5.48 Å². The smallest absolute Gasteiger partial charge is 0.397 e. The molecule has 0 radical (unpaired) electrons. The number of hydrogen-bond acceptors (Lipinski definition) is 3. The van der Waals surface area contributed by atoms with Crippen molar-refractivity contribution in [2.45, 2.75) is 85.0 Å².